The Morgan fingerprint density at radius 1 is 0.288 bits per heavy atom. The zero-order valence-corrected chi connectivity index (χ0v) is 36.6. The highest BCUT2D eigenvalue weighted by atomic mass is 31.4. The minimum Gasteiger partial charge on any atom is -0.319 e. The molecule has 0 aliphatic rings. The molecule has 0 aliphatic carbocycles. The molecule has 0 radical (unpaired) electrons. The lowest BCUT2D eigenvalue weighted by molar-refractivity contribution is 0.593. The molecule has 6 aromatic carbocycles. The van der Waals surface area contributed by atoms with Crippen LogP contribution in [0.15, 0.2) is 182 Å². The number of benzene rings is 6. The lowest BCUT2D eigenvalue weighted by Crippen LogP contribution is -2.63. The summed E-state index contributed by atoms with van der Waals surface area (Å²) in [4.78, 5) is -0.267. The fourth-order valence-corrected chi connectivity index (χ4v) is 87.6. The van der Waals surface area contributed by atoms with Gasteiger partial charge in [0.1, 0.15) is 43.3 Å². The van der Waals surface area contributed by atoms with E-state index in [9.17, 15) is 0 Å². The van der Waals surface area contributed by atoms with Gasteiger partial charge in [-0.1, -0.05) is 221 Å². The Morgan fingerprint density at radius 3 is 0.558 bits per heavy atom. The van der Waals surface area contributed by atoms with Crippen molar-refractivity contribution in [3.63, 3.8) is 0 Å². The second kappa shape index (κ2) is 14.8. The molecule has 52 heavy (non-hydrogen) atoms. The van der Waals surface area contributed by atoms with E-state index < -0.39 is 43.3 Å². The maximum atomic E-state index is 16.9. The first-order valence-corrected chi connectivity index (χ1v) is 34.8. The van der Waals surface area contributed by atoms with E-state index in [1.54, 1.807) is 0 Å². The van der Waals surface area contributed by atoms with Crippen LogP contribution in [0.5, 0.6) is 0 Å². The zero-order valence-electron chi connectivity index (χ0n) is 31.0. The maximum absolute atomic E-state index is 16.9. The van der Waals surface area contributed by atoms with E-state index in [4.69, 9.17) is 0 Å². The second-order valence-electron chi connectivity index (χ2n) is 15.2. The molecule has 0 saturated carbocycles. The molecule has 0 atom stereocenters. The summed E-state index contributed by atoms with van der Waals surface area (Å²) < 4.78 is 50.7. The Labute approximate surface area is 313 Å². The van der Waals surface area contributed by atoms with Crippen LogP contribution in [0.3, 0.4) is 0 Å². The average molecular weight is 791 g/mol. The molecule has 0 aromatic heterocycles. The monoisotopic (exact) mass is 790 g/mol. The van der Waals surface area contributed by atoms with Crippen molar-refractivity contribution in [2.24, 2.45) is 0 Å². The van der Waals surface area contributed by atoms with Crippen LogP contribution in [0.4, 0.5) is 0 Å². The number of hydrogen-bond donors (Lipinski definition) is 0. The van der Waals surface area contributed by atoms with E-state index in [0.717, 1.165) is 31.8 Å². The number of hydrogen-bond acceptors (Lipinski definition) is 3. The van der Waals surface area contributed by atoms with Crippen molar-refractivity contribution in [1.82, 2.24) is 0 Å². The third kappa shape index (κ3) is 6.16. The predicted octanol–water partition coefficient (Wildman–Crippen LogP) is 10.1. The normalized spacial score (nSPS) is 13.2. The molecule has 0 N–H and O–H groups in total. The molecule has 0 unspecified atom stereocenters. The van der Waals surface area contributed by atoms with Crippen molar-refractivity contribution in [3.05, 3.63) is 182 Å². The molecular formula is C43H49O3P3Si3. The molecular weight excluding hydrogens is 742 g/mol. The first-order chi connectivity index (χ1) is 24.7. The summed E-state index contributed by atoms with van der Waals surface area (Å²) in [6.45, 7) is 3.44. The molecule has 9 heteroatoms. The van der Waals surface area contributed by atoms with Crippen LogP contribution in [0.25, 0.3) is 0 Å². The summed E-state index contributed by atoms with van der Waals surface area (Å²) in [5, 5.41) is 4.92. The quantitative estimate of drug-likeness (QED) is 0.0917. The molecule has 0 heterocycles. The van der Waals surface area contributed by atoms with Crippen LogP contribution in [0, 0.1) is 0 Å². The SMILES string of the molecule is C[Si](C)(C([Si](C)(C)P(=O)(c1ccccc1)c1ccccc1)[Si](C)(C)P(=O)(c1ccccc1)c1ccccc1)P(=O)(c1ccccc1)c1ccccc1. The summed E-state index contributed by atoms with van der Waals surface area (Å²) in [6.07, 6.45) is 0. The van der Waals surface area contributed by atoms with E-state index in [2.05, 4.69) is 39.3 Å². The minimum absolute atomic E-state index is 0.267. The van der Waals surface area contributed by atoms with Crippen molar-refractivity contribution < 1.29 is 13.7 Å². The van der Waals surface area contributed by atoms with Gasteiger partial charge < -0.3 is 13.7 Å². The van der Waals surface area contributed by atoms with Crippen LogP contribution in [-0.2, 0) is 13.7 Å². The first kappa shape index (κ1) is 38.4. The van der Waals surface area contributed by atoms with E-state index in [1.807, 2.05) is 182 Å². The molecule has 0 aliphatic heterocycles. The third-order valence-corrected chi connectivity index (χ3v) is 65.5. The molecule has 0 fully saturated rings. The van der Waals surface area contributed by atoms with Crippen LogP contribution in [0.1, 0.15) is 0 Å². The van der Waals surface area contributed by atoms with Gasteiger partial charge in [-0.25, -0.2) is 0 Å². The van der Waals surface area contributed by atoms with E-state index in [0.29, 0.717) is 0 Å². The fraction of sp³-hybridized carbons (Fsp3) is 0.163. The van der Waals surface area contributed by atoms with Gasteiger partial charge in [-0.05, 0) is 4.79 Å². The number of rotatable bonds is 12. The lowest BCUT2D eigenvalue weighted by atomic mass is 10.4. The highest BCUT2D eigenvalue weighted by Crippen LogP contribution is 2.73. The van der Waals surface area contributed by atoms with Gasteiger partial charge in [-0.2, -0.15) is 0 Å². The Bertz CT molecular complexity index is 1860. The van der Waals surface area contributed by atoms with Crippen molar-refractivity contribution in [2.75, 3.05) is 0 Å². The molecule has 0 saturated heterocycles. The smallest absolute Gasteiger partial charge is 0.130 e. The Hall–Kier alpha value is -3.34. The lowest BCUT2D eigenvalue weighted by Gasteiger charge is -2.56. The van der Waals surface area contributed by atoms with Crippen molar-refractivity contribution in [1.29, 1.82) is 0 Å². The highest BCUT2D eigenvalue weighted by molar-refractivity contribution is 8.18. The van der Waals surface area contributed by atoms with Gasteiger partial charge in [-0.15, -0.1) is 0 Å². The Morgan fingerprint density at radius 2 is 0.423 bits per heavy atom. The van der Waals surface area contributed by atoms with Crippen LogP contribution in [-0.4, -0.2) is 23.2 Å². The Balaban J connectivity index is 1.78. The predicted molar refractivity (Wildman–Crippen MR) is 235 cm³/mol. The van der Waals surface area contributed by atoms with Gasteiger partial charge in [0, 0.05) is 31.8 Å². The van der Waals surface area contributed by atoms with Gasteiger partial charge >= 0.3 is 0 Å². The molecule has 3 nitrogen and oxygen atoms in total. The summed E-state index contributed by atoms with van der Waals surface area (Å²) in [5.41, 5.74) is 0. The maximum Gasteiger partial charge on any atom is 0.130 e. The zero-order chi connectivity index (χ0) is 37.3. The van der Waals surface area contributed by atoms with Crippen molar-refractivity contribution in [2.45, 2.75) is 44.1 Å². The van der Waals surface area contributed by atoms with Gasteiger partial charge in [-0.3, -0.25) is 0 Å². The minimum atomic E-state index is -3.42. The van der Waals surface area contributed by atoms with Gasteiger partial charge in [0.15, 0.2) is 0 Å². The molecule has 0 bridgehead atoms. The topological polar surface area (TPSA) is 51.2 Å². The van der Waals surface area contributed by atoms with Gasteiger partial charge in [0.05, 0.1) is 0 Å². The molecule has 6 aromatic rings. The van der Waals surface area contributed by atoms with Gasteiger partial charge in [0.2, 0.25) is 0 Å². The molecule has 0 amide bonds. The first-order valence-electron chi connectivity index (χ1n) is 17.9. The largest absolute Gasteiger partial charge is 0.319 e. The van der Waals surface area contributed by atoms with E-state index in [1.165, 1.54) is 0 Å². The van der Waals surface area contributed by atoms with Crippen molar-refractivity contribution >= 4 is 75.1 Å². The Kier molecular flexibility index (Phi) is 10.9. The van der Waals surface area contributed by atoms with Crippen LogP contribution in [0.2, 0.25) is 44.1 Å². The second-order valence-corrected chi connectivity index (χ2v) is 51.4. The van der Waals surface area contributed by atoms with Crippen LogP contribution >= 0.6 is 20.1 Å². The average Bonchev–Trinajstić information content (AvgIpc) is 3.18. The van der Waals surface area contributed by atoms with E-state index in [-0.39, 0.29) is 4.79 Å². The molecule has 0 spiro atoms. The molecule has 266 valence electrons. The highest BCUT2D eigenvalue weighted by Gasteiger charge is 2.69. The summed E-state index contributed by atoms with van der Waals surface area (Å²) in [6, 6.07) is 59.8. The molecule has 6 rings (SSSR count). The summed E-state index contributed by atoms with van der Waals surface area (Å²) >= 11 is 0. The van der Waals surface area contributed by atoms with E-state index >= 15 is 13.7 Å². The van der Waals surface area contributed by atoms with Gasteiger partial charge in [0.25, 0.3) is 0 Å². The van der Waals surface area contributed by atoms with Crippen LogP contribution < -0.4 is 31.8 Å². The fourth-order valence-electron chi connectivity index (χ4n) is 9.41. The standard InChI is InChI=1S/C43H49O3P3Si3/c1-50(2,47(44,37-25-13-7-14-26-37)38-27-15-8-16-28-38)43(51(3,4)48(45,39-29-17-9-18-30-39)40-31-19-10-20-32-40)52(5,6)49(46,41-33-21-11-22-34-41)42-35-23-12-24-36-42/h7-36,43H,1-6H3. The summed E-state index contributed by atoms with van der Waals surface area (Å²) in [5.74, 6) is 0. The summed E-state index contributed by atoms with van der Waals surface area (Å²) in [7, 11) is -9.77. The third-order valence-electron chi connectivity index (χ3n) is 11.3. The van der Waals surface area contributed by atoms with Crippen molar-refractivity contribution in [3.8, 4) is 0 Å².